The van der Waals surface area contributed by atoms with Crippen LogP contribution < -0.4 is 11.1 Å². The molecule has 0 saturated carbocycles. The van der Waals surface area contributed by atoms with Gasteiger partial charge < -0.3 is 11.1 Å². The number of rotatable bonds is 6. The van der Waals surface area contributed by atoms with Crippen LogP contribution >= 0.6 is 0 Å². The highest BCUT2D eigenvalue weighted by Gasteiger charge is 2.15. The SMILES string of the molecule is CCCc1ccccc1NC(=O)[C@H](N)Cc1ccccc1. The van der Waals surface area contributed by atoms with Gasteiger partial charge >= 0.3 is 0 Å². The van der Waals surface area contributed by atoms with Crippen molar-refractivity contribution < 1.29 is 4.79 Å². The van der Waals surface area contributed by atoms with Crippen molar-refractivity contribution in [2.45, 2.75) is 32.2 Å². The average molecular weight is 282 g/mol. The Bertz CT molecular complexity index is 581. The Labute approximate surface area is 126 Å². The van der Waals surface area contributed by atoms with E-state index in [4.69, 9.17) is 5.73 Å². The molecule has 0 aliphatic rings. The van der Waals surface area contributed by atoms with Crippen LogP contribution in [0.3, 0.4) is 0 Å². The summed E-state index contributed by atoms with van der Waals surface area (Å²) < 4.78 is 0. The number of para-hydroxylation sites is 1. The Kier molecular flexibility index (Phi) is 5.52. The fourth-order valence-corrected chi connectivity index (χ4v) is 2.32. The van der Waals surface area contributed by atoms with Gasteiger partial charge in [-0.15, -0.1) is 0 Å². The summed E-state index contributed by atoms with van der Waals surface area (Å²) in [7, 11) is 0. The number of nitrogens with two attached hydrogens (primary N) is 1. The van der Waals surface area contributed by atoms with E-state index in [-0.39, 0.29) is 5.91 Å². The third-order valence-electron chi connectivity index (χ3n) is 3.43. The van der Waals surface area contributed by atoms with Gasteiger partial charge in [0.2, 0.25) is 5.91 Å². The molecule has 0 spiro atoms. The zero-order chi connectivity index (χ0) is 15.1. The molecule has 2 rings (SSSR count). The molecular formula is C18H22N2O. The highest BCUT2D eigenvalue weighted by atomic mass is 16.2. The van der Waals surface area contributed by atoms with Crippen LogP contribution in [0.5, 0.6) is 0 Å². The van der Waals surface area contributed by atoms with E-state index >= 15 is 0 Å². The summed E-state index contributed by atoms with van der Waals surface area (Å²) >= 11 is 0. The summed E-state index contributed by atoms with van der Waals surface area (Å²) in [4.78, 5) is 12.2. The van der Waals surface area contributed by atoms with Gasteiger partial charge in [0.05, 0.1) is 6.04 Å². The molecule has 21 heavy (non-hydrogen) atoms. The zero-order valence-electron chi connectivity index (χ0n) is 12.4. The van der Waals surface area contributed by atoms with Crippen molar-refractivity contribution in [2.75, 3.05) is 5.32 Å². The maximum Gasteiger partial charge on any atom is 0.241 e. The van der Waals surface area contributed by atoms with Gasteiger partial charge in [-0.3, -0.25) is 4.79 Å². The fraction of sp³-hybridized carbons (Fsp3) is 0.278. The summed E-state index contributed by atoms with van der Waals surface area (Å²) in [5.41, 5.74) is 9.10. The molecule has 2 aromatic carbocycles. The summed E-state index contributed by atoms with van der Waals surface area (Å²) in [6.45, 7) is 2.12. The van der Waals surface area contributed by atoms with Gasteiger partial charge in [-0.25, -0.2) is 0 Å². The van der Waals surface area contributed by atoms with Crippen LogP contribution in [0, 0.1) is 0 Å². The van der Waals surface area contributed by atoms with E-state index in [1.54, 1.807) is 0 Å². The highest BCUT2D eigenvalue weighted by molar-refractivity contribution is 5.95. The second-order valence-electron chi connectivity index (χ2n) is 5.19. The molecule has 0 aromatic heterocycles. The van der Waals surface area contributed by atoms with Crippen molar-refractivity contribution in [3.8, 4) is 0 Å². The minimum atomic E-state index is -0.540. The van der Waals surface area contributed by atoms with Crippen LogP contribution in [0.15, 0.2) is 54.6 Å². The van der Waals surface area contributed by atoms with E-state index < -0.39 is 6.04 Å². The van der Waals surface area contributed by atoms with Gasteiger partial charge in [0.1, 0.15) is 0 Å². The Morgan fingerprint density at radius 1 is 1.10 bits per heavy atom. The molecule has 0 aliphatic carbocycles. The lowest BCUT2D eigenvalue weighted by molar-refractivity contribution is -0.117. The van der Waals surface area contributed by atoms with Gasteiger partial charge in [-0.05, 0) is 30.0 Å². The smallest absolute Gasteiger partial charge is 0.241 e. The largest absolute Gasteiger partial charge is 0.324 e. The average Bonchev–Trinajstić information content (AvgIpc) is 2.50. The first-order chi connectivity index (χ1) is 10.2. The van der Waals surface area contributed by atoms with Crippen molar-refractivity contribution in [3.05, 3.63) is 65.7 Å². The Balaban J connectivity index is 2.01. The van der Waals surface area contributed by atoms with E-state index in [0.717, 1.165) is 29.7 Å². The molecule has 3 heteroatoms. The van der Waals surface area contributed by atoms with Crippen molar-refractivity contribution in [2.24, 2.45) is 5.73 Å². The second kappa shape index (κ2) is 7.60. The van der Waals surface area contributed by atoms with Crippen LogP contribution in [-0.2, 0) is 17.6 Å². The monoisotopic (exact) mass is 282 g/mol. The summed E-state index contributed by atoms with van der Waals surface area (Å²) in [6, 6.07) is 17.2. The maximum atomic E-state index is 12.2. The molecule has 2 aromatic rings. The molecule has 3 N–H and O–H groups in total. The van der Waals surface area contributed by atoms with Gasteiger partial charge in [0.15, 0.2) is 0 Å². The first-order valence-electron chi connectivity index (χ1n) is 7.39. The minimum Gasteiger partial charge on any atom is -0.324 e. The van der Waals surface area contributed by atoms with E-state index in [1.165, 1.54) is 0 Å². The van der Waals surface area contributed by atoms with Gasteiger partial charge in [-0.1, -0.05) is 61.9 Å². The number of hydrogen-bond acceptors (Lipinski definition) is 2. The lowest BCUT2D eigenvalue weighted by Gasteiger charge is -2.15. The number of amides is 1. The number of anilines is 1. The lowest BCUT2D eigenvalue weighted by atomic mass is 10.0. The Morgan fingerprint density at radius 2 is 1.76 bits per heavy atom. The first kappa shape index (κ1) is 15.3. The molecular weight excluding hydrogens is 260 g/mol. The van der Waals surface area contributed by atoms with Crippen LogP contribution in [0.1, 0.15) is 24.5 Å². The number of benzene rings is 2. The standard InChI is InChI=1S/C18H22N2O/c1-2-8-15-11-6-7-12-17(15)20-18(21)16(19)13-14-9-4-3-5-10-14/h3-7,9-12,16H,2,8,13,19H2,1H3,(H,20,21)/t16-/m1/s1. The number of hydrogen-bond donors (Lipinski definition) is 2. The molecule has 0 bridgehead atoms. The van der Waals surface area contributed by atoms with Crippen LogP contribution in [0.25, 0.3) is 0 Å². The van der Waals surface area contributed by atoms with Gasteiger partial charge in [-0.2, -0.15) is 0 Å². The van der Waals surface area contributed by atoms with Crippen molar-refractivity contribution in [3.63, 3.8) is 0 Å². The molecule has 1 atom stereocenters. The van der Waals surface area contributed by atoms with E-state index in [9.17, 15) is 4.79 Å². The molecule has 0 radical (unpaired) electrons. The molecule has 0 heterocycles. The predicted octanol–water partition coefficient (Wildman–Crippen LogP) is 3.15. The summed E-state index contributed by atoms with van der Waals surface area (Å²) in [5, 5.41) is 2.95. The van der Waals surface area contributed by atoms with Crippen LogP contribution in [0.2, 0.25) is 0 Å². The summed E-state index contributed by atoms with van der Waals surface area (Å²) in [6.07, 6.45) is 2.54. The van der Waals surface area contributed by atoms with Crippen LogP contribution in [-0.4, -0.2) is 11.9 Å². The second-order valence-corrected chi connectivity index (χ2v) is 5.19. The van der Waals surface area contributed by atoms with Crippen molar-refractivity contribution in [1.29, 1.82) is 0 Å². The molecule has 110 valence electrons. The van der Waals surface area contributed by atoms with Crippen LogP contribution in [0.4, 0.5) is 5.69 Å². The molecule has 0 unspecified atom stereocenters. The van der Waals surface area contributed by atoms with E-state index in [1.807, 2.05) is 54.6 Å². The number of aryl methyl sites for hydroxylation is 1. The van der Waals surface area contributed by atoms with Gasteiger partial charge in [0.25, 0.3) is 0 Å². The number of nitrogens with one attached hydrogen (secondary N) is 1. The minimum absolute atomic E-state index is 0.137. The predicted molar refractivity (Wildman–Crippen MR) is 87.2 cm³/mol. The summed E-state index contributed by atoms with van der Waals surface area (Å²) in [5.74, 6) is -0.137. The highest BCUT2D eigenvalue weighted by Crippen LogP contribution is 2.17. The fourth-order valence-electron chi connectivity index (χ4n) is 2.32. The molecule has 0 fully saturated rings. The van der Waals surface area contributed by atoms with Crippen molar-refractivity contribution >= 4 is 11.6 Å². The van der Waals surface area contributed by atoms with E-state index in [2.05, 4.69) is 12.2 Å². The molecule has 3 nitrogen and oxygen atoms in total. The normalized spacial score (nSPS) is 11.9. The number of carbonyl (C=O) groups excluding carboxylic acids is 1. The van der Waals surface area contributed by atoms with Crippen molar-refractivity contribution in [1.82, 2.24) is 0 Å². The number of carbonyl (C=O) groups is 1. The zero-order valence-corrected chi connectivity index (χ0v) is 12.4. The maximum absolute atomic E-state index is 12.2. The Morgan fingerprint density at radius 3 is 2.48 bits per heavy atom. The topological polar surface area (TPSA) is 55.1 Å². The first-order valence-corrected chi connectivity index (χ1v) is 7.39. The lowest BCUT2D eigenvalue weighted by Crippen LogP contribution is -2.37. The third-order valence-corrected chi connectivity index (χ3v) is 3.43. The van der Waals surface area contributed by atoms with E-state index in [0.29, 0.717) is 6.42 Å². The quantitative estimate of drug-likeness (QED) is 0.855. The molecule has 0 aliphatic heterocycles. The Hall–Kier alpha value is -2.13. The van der Waals surface area contributed by atoms with Gasteiger partial charge in [0, 0.05) is 5.69 Å². The molecule has 1 amide bonds. The molecule has 0 saturated heterocycles. The third kappa shape index (κ3) is 4.43.